The Morgan fingerprint density at radius 1 is 1.03 bits per heavy atom. The van der Waals surface area contributed by atoms with Crippen LogP contribution in [0.3, 0.4) is 0 Å². The summed E-state index contributed by atoms with van der Waals surface area (Å²) in [6.45, 7) is 5.60. The largest absolute Gasteiger partial charge is 0.497 e. The number of hydrogen-bond acceptors (Lipinski definition) is 8. The first kappa shape index (κ1) is 26.2. The summed E-state index contributed by atoms with van der Waals surface area (Å²) in [6, 6.07) is 6.37. The first-order valence-electron chi connectivity index (χ1n) is 10.00. The number of ether oxygens (including phenoxy) is 4. The van der Waals surface area contributed by atoms with E-state index in [1.807, 2.05) is 6.92 Å². The molecule has 0 radical (unpaired) electrons. The number of hydrogen-bond donors (Lipinski definition) is 0. The lowest BCUT2D eigenvalue weighted by Crippen LogP contribution is -2.36. The molecular formula is C22H25Cl2N3O6. The van der Waals surface area contributed by atoms with E-state index in [0.29, 0.717) is 36.2 Å². The fourth-order valence-electron chi connectivity index (χ4n) is 2.75. The molecule has 33 heavy (non-hydrogen) atoms. The first-order chi connectivity index (χ1) is 15.8. The van der Waals surface area contributed by atoms with E-state index in [2.05, 4.69) is 10.2 Å². The number of carbonyl (C=O) groups is 2. The van der Waals surface area contributed by atoms with E-state index in [-0.39, 0.29) is 16.4 Å². The Balaban J connectivity index is 2.39. The van der Waals surface area contributed by atoms with Crippen molar-refractivity contribution in [1.29, 1.82) is 0 Å². The lowest BCUT2D eigenvalue weighted by atomic mass is 10.2. The second-order valence-corrected chi connectivity index (χ2v) is 7.19. The van der Waals surface area contributed by atoms with Crippen LogP contribution in [-0.4, -0.2) is 45.2 Å². The Bertz CT molecular complexity index is 1030. The van der Waals surface area contributed by atoms with Crippen LogP contribution in [0.4, 0.5) is 11.4 Å². The van der Waals surface area contributed by atoms with Crippen LogP contribution < -0.4 is 23.4 Å². The van der Waals surface area contributed by atoms with Gasteiger partial charge in [-0.2, -0.15) is 10.2 Å². The summed E-state index contributed by atoms with van der Waals surface area (Å²) in [5, 5.41) is 8.08. The average Bonchev–Trinajstić information content (AvgIpc) is 2.81. The molecular weight excluding hydrogens is 473 g/mol. The maximum absolute atomic E-state index is 13.0. The number of amides is 1. The van der Waals surface area contributed by atoms with Gasteiger partial charge in [-0.05, 0) is 45.0 Å². The number of benzene rings is 2. The number of carbonyl (C=O) groups excluding carboxylic acids is 2. The highest BCUT2D eigenvalue weighted by molar-refractivity contribution is 6.39. The molecule has 0 heterocycles. The molecule has 0 spiro atoms. The Morgan fingerprint density at radius 2 is 1.70 bits per heavy atom. The maximum Gasteiger partial charge on any atom is 0.276 e. The second kappa shape index (κ2) is 12.3. The third-order valence-corrected chi connectivity index (χ3v) is 5.03. The lowest BCUT2D eigenvalue weighted by molar-refractivity contribution is -0.126. The van der Waals surface area contributed by atoms with Gasteiger partial charge in [-0.3, -0.25) is 9.59 Å². The van der Waals surface area contributed by atoms with Crippen molar-refractivity contribution in [3.63, 3.8) is 0 Å². The standard InChI is InChI=1S/C22H25Cl2N3O6/c1-6-32-18-11-9-15(19(23)21(18)33-7-2)25-26-20(13(3)28)22(29)27(24)16-12-14(30-4)8-10-17(16)31-5/h8-12,20H,6-7H2,1-5H3. The number of anilines is 1. The summed E-state index contributed by atoms with van der Waals surface area (Å²) < 4.78 is 22.2. The van der Waals surface area contributed by atoms with Gasteiger partial charge in [-0.25, -0.2) is 4.42 Å². The molecule has 1 amide bonds. The quantitative estimate of drug-likeness (QED) is 0.234. The molecule has 9 nitrogen and oxygen atoms in total. The number of azo groups is 1. The molecule has 1 atom stereocenters. The number of halogens is 2. The molecule has 2 aromatic rings. The molecule has 0 aliphatic rings. The first-order valence-corrected chi connectivity index (χ1v) is 10.7. The van der Waals surface area contributed by atoms with Crippen LogP contribution in [0.2, 0.25) is 5.02 Å². The van der Waals surface area contributed by atoms with Gasteiger partial charge >= 0.3 is 0 Å². The molecule has 0 aromatic heterocycles. The normalized spacial score (nSPS) is 11.7. The lowest BCUT2D eigenvalue weighted by Gasteiger charge is -2.19. The van der Waals surface area contributed by atoms with Gasteiger partial charge in [0.1, 0.15) is 27.9 Å². The van der Waals surface area contributed by atoms with Crippen molar-refractivity contribution in [3.05, 3.63) is 35.4 Å². The zero-order valence-corrected chi connectivity index (χ0v) is 20.4. The molecule has 0 aliphatic carbocycles. The van der Waals surface area contributed by atoms with Crippen molar-refractivity contribution in [2.24, 2.45) is 10.2 Å². The summed E-state index contributed by atoms with van der Waals surface area (Å²) in [4.78, 5) is 25.2. The van der Waals surface area contributed by atoms with Gasteiger partial charge in [0, 0.05) is 17.8 Å². The number of ketones is 1. The van der Waals surface area contributed by atoms with Crippen LogP contribution in [0.25, 0.3) is 0 Å². The van der Waals surface area contributed by atoms with Gasteiger partial charge in [-0.15, -0.1) is 0 Å². The third kappa shape index (κ3) is 6.27. The van der Waals surface area contributed by atoms with Crippen LogP contribution in [0.5, 0.6) is 23.0 Å². The number of Topliss-reactive ketones (excluding diaryl/α,β-unsaturated/α-hetero) is 1. The van der Waals surface area contributed by atoms with Gasteiger partial charge in [0.05, 0.1) is 27.4 Å². The molecule has 0 saturated heterocycles. The molecule has 2 aromatic carbocycles. The van der Waals surface area contributed by atoms with Crippen molar-refractivity contribution in [2.75, 3.05) is 31.9 Å². The Kier molecular flexibility index (Phi) is 9.74. The Morgan fingerprint density at radius 3 is 2.27 bits per heavy atom. The minimum atomic E-state index is -1.52. The highest BCUT2D eigenvalue weighted by Gasteiger charge is 2.30. The van der Waals surface area contributed by atoms with Gasteiger partial charge in [0.15, 0.2) is 17.3 Å². The number of nitrogens with zero attached hydrogens (tertiary/aromatic N) is 3. The highest BCUT2D eigenvalue weighted by Crippen LogP contribution is 2.42. The minimum Gasteiger partial charge on any atom is -0.497 e. The van der Waals surface area contributed by atoms with E-state index in [1.165, 1.54) is 27.2 Å². The predicted molar refractivity (Wildman–Crippen MR) is 126 cm³/mol. The van der Waals surface area contributed by atoms with Crippen LogP contribution in [0.15, 0.2) is 40.6 Å². The van der Waals surface area contributed by atoms with Crippen molar-refractivity contribution in [2.45, 2.75) is 26.8 Å². The zero-order chi connectivity index (χ0) is 24.5. The minimum absolute atomic E-state index is 0.137. The number of methoxy groups -OCH3 is 2. The van der Waals surface area contributed by atoms with E-state index in [0.717, 1.165) is 4.42 Å². The van der Waals surface area contributed by atoms with E-state index in [4.69, 9.17) is 42.3 Å². The highest BCUT2D eigenvalue weighted by atomic mass is 35.5. The molecule has 1 unspecified atom stereocenters. The Hall–Kier alpha value is -3.04. The van der Waals surface area contributed by atoms with Crippen molar-refractivity contribution < 1.29 is 28.5 Å². The SMILES string of the molecule is CCOc1ccc(N=NC(C(C)=O)C(=O)N(Cl)c2cc(OC)ccc2OC)c(Cl)c1OCC. The maximum atomic E-state index is 13.0. The summed E-state index contributed by atoms with van der Waals surface area (Å²) in [5.41, 5.74) is 0.380. The van der Waals surface area contributed by atoms with Crippen molar-refractivity contribution >= 4 is 46.4 Å². The molecule has 11 heteroatoms. The van der Waals surface area contributed by atoms with Gasteiger partial charge in [0.2, 0.25) is 6.04 Å². The van der Waals surface area contributed by atoms with Crippen LogP contribution in [0, 0.1) is 0 Å². The molecule has 2 rings (SSSR count). The van der Waals surface area contributed by atoms with E-state index in [1.54, 1.807) is 31.2 Å². The van der Waals surface area contributed by atoms with E-state index in [9.17, 15) is 9.59 Å². The van der Waals surface area contributed by atoms with E-state index >= 15 is 0 Å². The summed E-state index contributed by atoms with van der Waals surface area (Å²) in [7, 11) is 2.89. The molecule has 0 saturated carbocycles. The van der Waals surface area contributed by atoms with E-state index < -0.39 is 17.7 Å². The zero-order valence-electron chi connectivity index (χ0n) is 18.9. The second-order valence-electron chi connectivity index (χ2n) is 6.48. The van der Waals surface area contributed by atoms with Crippen LogP contribution >= 0.6 is 23.4 Å². The fourth-order valence-corrected chi connectivity index (χ4v) is 3.23. The van der Waals surface area contributed by atoms with Crippen LogP contribution in [-0.2, 0) is 9.59 Å². The molecule has 0 N–H and O–H groups in total. The number of rotatable bonds is 11. The fraction of sp³-hybridized carbons (Fsp3) is 0.364. The van der Waals surface area contributed by atoms with Crippen molar-refractivity contribution in [3.8, 4) is 23.0 Å². The molecule has 178 valence electrons. The van der Waals surface area contributed by atoms with Gasteiger partial charge in [-0.1, -0.05) is 11.6 Å². The molecule has 0 fully saturated rings. The molecule has 0 bridgehead atoms. The molecule has 0 aliphatic heterocycles. The summed E-state index contributed by atoms with van der Waals surface area (Å²) >= 11 is 12.7. The third-order valence-electron chi connectivity index (χ3n) is 4.32. The topological polar surface area (TPSA) is 99.0 Å². The monoisotopic (exact) mass is 497 g/mol. The van der Waals surface area contributed by atoms with Gasteiger partial charge in [0.25, 0.3) is 5.91 Å². The predicted octanol–water partition coefficient (Wildman–Crippen LogP) is 5.38. The van der Waals surface area contributed by atoms with Crippen molar-refractivity contribution in [1.82, 2.24) is 0 Å². The Labute approximate surface area is 202 Å². The van der Waals surface area contributed by atoms with Gasteiger partial charge < -0.3 is 18.9 Å². The average molecular weight is 498 g/mol. The van der Waals surface area contributed by atoms with Crippen LogP contribution in [0.1, 0.15) is 20.8 Å². The smallest absolute Gasteiger partial charge is 0.276 e. The summed E-state index contributed by atoms with van der Waals surface area (Å²) in [6.07, 6.45) is 0. The summed E-state index contributed by atoms with van der Waals surface area (Å²) in [5.74, 6) is 0.0851.